The van der Waals surface area contributed by atoms with Crippen LogP contribution in [-0.4, -0.2) is 24.7 Å². The summed E-state index contributed by atoms with van der Waals surface area (Å²) in [7, 11) is -3.83. The average Bonchev–Trinajstić information content (AvgIpc) is 2.82. The van der Waals surface area contributed by atoms with Gasteiger partial charge in [-0.1, -0.05) is 16.8 Å². The van der Waals surface area contributed by atoms with Crippen LogP contribution in [0.4, 0.5) is 0 Å². The van der Waals surface area contributed by atoms with Gasteiger partial charge in [0.25, 0.3) is 0 Å². The van der Waals surface area contributed by atoms with Crippen molar-refractivity contribution in [2.45, 2.75) is 18.4 Å². The van der Waals surface area contributed by atoms with Crippen molar-refractivity contribution in [3.63, 3.8) is 0 Å². The lowest BCUT2D eigenvalue weighted by Gasteiger charge is -2.06. The fourth-order valence-electron chi connectivity index (χ4n) is 1.59. The van der Waals surface area contributed by atoms with Gasteiger partial charge in [-0.2, -0.15) is 0 Å². The third-order valence-electron chi connectivity index (χ3n) is 2.59. The van der Waals surface area contributed by atoms with E-state index in [2.05, 4.69) is 9.88 Å². The summed E-state index contributed by atoms with van der Waals surface area (Å²) in [5.41, 5.74) is 0.472. The Morgan fingerprint density at radius 3 is 2.67 bits per heavy atom. The fraction of sp³-hybridized carbons (Fsp3) is 0.167. The molecule has 0 bridgehead atoms. The van der Waals surface area contributed by atoms with Crippen molar-refractivity contribution in [2.75, 3.05) is 0 Å². The highest BCUT2D eigenvalue weighted by molar-refractivity contribution is 7.89. The molecular weight excluding hydrogens is 320 g/mol. The molecule has 9 heteroatoms. The van der Waals surface area contributed by atoms with Gasteiger partial charge in [-0.05, 0) is 25.1 Å². The number of aromatic carboxylic acids is 1. The summed E-state index contributed by atoms with van der Waals surface area (Å²) in [6.45, 7) is 1.65. The number of nitrogens with zero attached hydrogens (tertiary/aromatic N) is 1. The number of nitrogens with one attached hydrogen (secondary N) is 1. The van der Waals surface area contributed by atoms with Crippen LogP contribution in [0.25, 0.3) is 0 Å². The smallest absolute Gasteiger partial charge is 0.337 e. The van der Waals surface area contributed by atoms with E-state index < -0.39 is 16.0 Å². The lowest BCUT2D eigenvalue weighted by Crippen LogP contribution is -2.23. The first-order chi connectivity index (χ1) is 9.79. The third-order valence-corrected chi connectivity index (χ3v) is 4.31. The highest BCUT2D eigenvalue weighted by atomic mass is 35.5. The molecule has 0 amide bonds. The molecule has 0 aliphatic rings. The van der Waals surface area contributed by atoms with E-state index in [1.54, 1.807) is 13.0 Å². The largest absolute Gasteiger partial charge is 0.478 e. The molecule has 1 aromatic carbocycles. The van der Waals surface area contributed by atoms with Crippen molar-refractivity contribution in [1.29, 1.82) is 0 Å². The second-order valence-electron chi connectivity index (χ2n) is 4.21. The minimum Gasteiger partial charge on any atom is -0.478 e. The van der Waals surface area contributed by atoms with Gasteiger partial charge < -0.3 is 9.63 Å². The molecule has 0 atom stereocenters. The number of hydrogen-bond acceptors (Lipinski definition) is 5. The molecule has 2 N–H and O–H groups in total. The molecule has 2 aromatic rings. The Morgan fingerprint density at radius 2 is 2.14 bits per heavy atom. The summed E-state index contributed by atoms with van der Waals surface area (Å²) >= 11 is 5.75. The number of aryl methyl sites for hydroxylation is 1. The van der Waals surface area contributed by atoms with Crippen molar-refractivity contribution in [2.24, 2.45) is 0 Å². The van der Waals surface area contributed by atoms with E-state index in [1.165, 1.54) is 6.07 Å². The number of sulfonamides is 1. The van der Waals surface area contributed by atoms with E-state index in [0.29, 0.717) is 11.5 Å². The first-order valence-electron chi connectivity index (χ1n) is 5.74. The zero-order chi connectivity index (χ0) is 15.6. The normalized spacial score (nSPS) is 11.5. The van der Waals surface area contributed by atoms with E-state index in [-0.39, 0.29) is 22.0 Å². The summed E-state index contributed by atoms with van der Waals surface area (Å²) in [6, 6.07) is 4.99. The van der Waals surface area contributed by atoms with E-state index in [0.717, 1.165) is 12.1 Å². The average molecular weight is 331 g/mol. The highest BCUT2D eigenvalue weighted by Gasteiger charge is 2.18. The first-order valence-corrected chi connectivity index (χ1v) is 7.60. The van der Waals surface area contributed by atoms with Crippen LogP contribution in [0.3, 0.4) is 0 Å². The minimum atomic E-state index is -3.83. The van der Waals surface area contributed by atoms with Gasteiger partial charge in [0.2, 0.25) is 10.0 Å². The molecule has 1 aromatic heterocycles. The molecule has 112 valence electrons. The predicted octanol–water partition coefficient (Wildman–Crippen LogP) is 1.81. The zero-order valence-corrected chi connectivity index (χ0v) is 12.4. The zero-order valence-electron chi connectivity index (χ0n) is 10.8. The van der Waals surface area contributed by atoms with Gasteiger partial charge in [0.15, 0.2) is 5.76 Å². The molecule has 0 radical (unpaired) electrons. The molecule has 1 heterocycles. The summed E-state index contributed by atoms with van der Waals surface area (Å²) in [6.07, 6.45) is 0. The molecule has 21 heavy (non-hydrogen) atoms. The van der Waals surface area contributed by atoms with E-state index in [4.69, 9.17) is 21.2 Å². The second kappa shape index (κ2) is 5.84. The quantitative estimate of drug-likeness (QED) is 0.865. The molecule has 0 aliphatic carbocycles. The Labute approximate surface area is 125 Å². The van der Waals surface area contributed by atoms with Gasteiger partial charge >= 0.3 is 5.97 Å². The van der Waals surface area contributed by atoms with Crippen LogP contribution < -0.4 is 4.72 Å². The molecule has 0 unspecified atom stereocenters. The lowest BCUT2D eigenvalue weighted by molar-refractivity contribution is 0.0697. The second-order valence-corrected chi connectivity index (χ2v) is 6.38. The molecule has 0 fully saturated rings. The van der Waals surface area contributed by atoms with Gasteiger partial charge in [-0.15, -0.1) is 0 Å². The SMILES string of the molecule is Cc1cc(CNS(=O)(=O)c2ccc(C(=O)O)c(Cl)c2)on1. The van der Waals surface area contributed by atoms with E-state index >= 15 is 0 Å². The maximum Gasteiger partial charge on any atom is 0.337 e. The molecule has 0 spiro atoms. The standard InChI is InChI=1S/C12H11ClN2O5S/c1-7-4-8(20-15-7)6-14-21(18,19)9-2-3-10(12(16)17)11(13)5-9/h2-5,14H,6H2,1H3,(H,16,17). The summed E-state index contributed by atoms with van der Waals surface area (Å²) in [5.74, 6) is -0.863. The Kier molecular flexibility index (Phi) is 4.31. The lowest BCUT2D eigenvalue weighted by atomic mass is 10.2. The molecule has 0 aliphatic heterocycles. The van der Waals surface area contributed by atoms with Crippen molar-refractivity contribution in [3.8, 4) is 0 Å². The summed E-state index contributed by atoms with van der Waals surface area (Å²) < 4.78 is 31.3. The molecule has 2 rings (SSSR count). The van der Waals surface area contributed by atoms with Crippen LogP contribution in [0.2, 0.25) is 5.02 Å². The maximum absolute atomic E-state index is 12.1. The third kappa shape index (κ3) is 3.60. The number of hydrogen-bond donors (Lipinski definition) is 2. The van der Waals surface area contributed by atoms with Gasteiger partial charge in [0.1, 0.15) is 0 Å². The fourth-order valence-corrected chi connectivity index (χ4v) is 2.93. The molecule has 0 saturated heterocycles. The monoisotopic (exact) mass is 330 g/mol. The Morgan fingerprint density at radius 1 is 1.43 bits per heavy atom. The number of rotatable bonds is 5. The van der Waals surface area contributed by atoms with Crippen LogP contribution in [-0.2, 0) is 16.6 Å². The number of carboxylic acids is 1. The Hall–Kier alpha value is -1.90. The molecule has 7 nitrogen and oxygen atoms in total. The number of carbonyl (C=O) groups is 1. The van der Waals surface area contributed by atoms with Crippen LogP contribution in [0.1, 0.15) is 21.8 Å². The van der Waals surface area contributed by atoms with Crippen LogP contribution in [0, 0.1) is 6.92 Å². The number of aromatic nitrogens is 1. The van der Waals surface area contributed by atoms with E-state index in [9.17, 15) is 13.2 Å². The van der Waals surface area contributed by atoms with Gasteiger partial charge in [0, 0.05) is 6.07 Å². The van der Waals surface area contributed by atoms with Crippen molar-refractivity contribution < 1.29 is 22.8 Å². The number of carboxylic acid groups (broad SMARTS) is 1. The Bertz CT molecular complexity index is 785. The topological polar surface area (TPSA) is 110 Å². The van der Waals surface area contributed by atoms with Gasteiger partial charge in [0.05, 0.1) is 27.7 Å². The Balaban J connectivity index is 2.19. The molecular formula is C12H11ClN2O5S. The predicted molar refractivity (Wildman–Crippen MR) is 73.7 cm³/mol. The van der Waals surface area contributed by atoms with Gasteiger partial charge in [-0.25, -0.2) is 17.9 Å². The van der Waals surface area contributed by atoms with Crippen molar-refractivity contribution >= 4 is 27.6 Å². The maximum atomic E-state index is 12.1. The van der Waals surface area contributed by atoms with Crippen LogP contribution in [0.5, 0.6) is 0 Å². The van der Waals surface area contributed by atoms with Crippen molar-refractivity contribution in [3.05, 3.63) is 46.3 Å². The van der Waals surface area contributed by atoms with Crippen LogP contribution >= 0.6 is 11.6 Å². The van der Waals surface area contributed by atoms with Crippen molar-refractivity contribution in [1.82, 2.24) is 9.88 Å². The van der Waals surface area contributed by atoms with E-state index in [1.807, 2.05) is 0 Å². The summed E-state index contributed by atoms with van der Waals surface area (Å²) in [4.78, 5) is 10.7. The minimum absolute atomic E-state index is 0.0680. The summed E-state index contributed by atoms with van der Waals surface area (Å²) in [5, 5.41) is 12.3. The highest BCUT2D eigenvalue weighted by Crippen LogP contribution is 2.21. The van der Waals surface area contributed by atoms with Crippen LogP contribution in [0.15, 0.2) is 33.7 Å². The number of halogens is 1. The first kappa shape index (κ1) is 15.5. The van der Waals surface area contributed by atoms with Gasteiger partial charge in [-0.3, -0.25) is 0 Å². The number of benzene rings is 1. The molecule has 0 saturated carbocycles.